The van der Waals surface area contributed by atoms with Crippen LogP contribution in [0.5, 0.6) is 0 Å². The van der Waals surface area contributed by atoms with E-state index in [0.29, 0.717) is 109 Å². The Balaban J connectivity index is 0.000000458. The number of carbonyl (C=O) groups is 8. The van der Waals surface area contributed by atoms with Crippen LogP contribution in [-0.4, -0.2) is 276 Å². The summed E-state index contributed by atoms with van der Waals surface area (Å²) in [5, 5.41) is 39.6. The summed E-state index contributed by atoms with van der Waals surface area (Å²) in [6.07, 6.45) is 7.23. The third kappa shape index (κ3) is 29.0. The molecule has 24 nitrogen and oxygen atoms in total. The molecule has 0 fully saturated rings. The third-order valence-electron chi connectivity index (χ3n) is 20.2. The van der Waals surface area contributed by atoms with Crippen molar-refractivity contribution >= 4 is 192 Å². The molecule has 8 amide bonds. The highest BCUT2D eigenvalue weighted by atomic mass is 79.9. The number of likely N-dealkylation sites (N-methyl/N-ethyl adjacent to an activating group) is 3. The van der Waals surface area contributed by atoms with E-state index in [0.717, 1.165) is 161 Å². The molecule has 116 heavy (non-hydrogen) atoms. The second kappa shape index (κ2) is 56.3. The van der Waals surface area contributed by atoms with Crippen LogP contribution in [0.2, 0.25) is 0 Å². The van der Waals surface area contributed by atoms with Crippen LogP contribution < -0.4 is 53.2 Å². The van der Waals surface area contributed by atoms with E-state index in [4.69, 9.17) is 0 Å². The molecule has 0 saturated carbocycles. The second-order valence-corrected chi connectivity index (χ2v) is 28.2. The van der Waals surface area contributed by atoms with Crippen LogP contribution in [0.4, 0.5) is 0 Å². The third-order valence-corrected chi connectivity index (χ3v) is 20.2. The summed E-state index contributed by atoms with van der Waals surface area (Å²) >= 11 is 0. The molecule has 0 saturated heterocycles. The lowest BCUT2D eigenvalue weighted by Crippen LogP contribution is -2.42. The van der Waals surface area contributed by atoms with Crippen LogP contribution in [0.25, 0.3) is 43.1 Å². The molecular formula is C86H122Br6N16O8. The predicted octanol–water partition coefficient (Wildman–Crippen LogP) is 10.6. The van der Waals surface area contributed by atoms with Crippen molar-refractivity contribution in [3.63, 3.8) is 0 Å². The molecule has 12 rings (SSSR count). The normalized spacial score (nSPS) is 13.0. The van der Waals surface area contributed by atoms with Gasteiger partial charge in [-0.2, -0.15) is 0 Å². The van der Waals surface area contributed by atoms with Crippen LogP contribution in [0.3, 0.4) is 0 Å². The first-order valence-electron chi connectivity index (χ1n) is 39.5. The number of benzene rings is 8. The number of amides is 8. The molecule has 0 spiro atoms. The summed E-state index contributed by atoms with van der Waals surface area (Å²) in [5.74, 6) is -1.72. The van der Waals surface area contributed by atoms with Crippen molar-refractivity contribution < 1.29 is 38.4 Å². The molecular weight excluding hydrogens is 1860 g/mol. The van der Waals surface area contributed by atoms with E-state index < -0.39 is 0 Å². The summed E-state index contributed by atoms with van der Waals surface area (Å²) in [7, 11) is 12.3. The second-order valence-electron chi connectivity index (χ2n) is 28.2. The van der Waals surface area contributed by atoms with E-state index in [9.17, 15) is 38.4 Å². The highest BCUT2D eigenvalue weighted by Gasteiger charge is 2.36. The van der Waals surface area contributed by atoms with Gasteiger partial charge < -0.3 is 63.0 Å². The van der Waals surface area contributed by atoms with Crippen LogP contribution >= 0.6 is 102 Å². The largest absolute Gasteiger partial charge is 0.320 e. The predicted molar refractivity (Wildman–Crippen MR) is 504 cm³/mol. The topological polar surface area (TPSA) is 276 Å². The fraction of sp³-hybridized carbons (Fsp3) is 0.442. The first-order valence-corrected chi connectivity index (χ1v) is 39.5. The van der Waals surface area contributed by atoms with Gasteiger partial charge in [-0.25, -0.2) is 0 Å². The summed E-state index contributed by atoms with van der Waals surface area (Å²) in [6, 6.07) is 44.7. The lowest BCUT2D eigenvalue weighted by molar-refractivity contribution is 0.0593. The zero-order chi connectivity index (χ0) is 78.0. The maximum atomic E-state index is 13.0. The van der Waals surface area contributed by atoms with Crippen molar-refractivity contribution in [1.29, 1.82) is 0 Å². The van der Waals surface area contributed by atoms with Gasteiger partial charge in [0.15, 0.2) is 0 Å². The monoisotopic (exact) mass is 1980 g/mol. The Labute approximate surface area is 748 Å². The quantitative estimate of drug-likeness (QED) is 0.0126. The molecule has 636 valence electrons. The van der Waals surface area contributed by atoms with Gasteiger partial charge in [-0.3, -0.25) is 58.0 Å². The number of rotatable bonds is 44. The Morgan fingerprint density at radius 1 is 0.224 bits per heavy atom. The van der Waals surface area contributed by atoms with E-state index in [1.54, 1.807) is 48.5 Å². The average Bonchev–Trinajstić information content (AvgIpc) is 0.773. The van der Waals surface area contributed by atoms with E-state index in [2.05, 4.69) is 77.1 Å². The van der Waals surface area contributed by atoms with Gasteiger partial charge in [0.2, 0.25) is 0 Å². The number of hydrogen-bond donors (Lipinski definition) is 10. The Morgan fingerprint density at radius 2 is 0.405 bits per heavy atom. The molecule has 0 bridgehead atoms. The lowest BCUT2D eigenvalue weighted by atomic mass is 9.94. The minimum absolute atomic E-state index is 0. The highest BCUT2D eigenvalue weighted by molar-refractivity contribution is 8.93. The van der Waals surface area contributed by atoms with Crippen molar-refractivity contribution in [2.75, 3.05) is 199 Å². The fourth-order valence-corrected chi connectivity index (χ4v) is 14.2. The molecule has 10 N–H and O–H groups in total. The lowest BCUT2D eigenvalue weighted by Gasteiger charge is -2.27. The van der Waals surface area contributed by atoms with E-state index in [-0.39, 0.29) is 149 Å². The molecule has 0 aromatic heterocycles. The molecule has 0 unspecified atom stereocenters. The zero-order valence-electron chi connectivity index (χ0n) is 67.9. The van der Waals surface area contributed by atoms with Crippen molar-refractivity contribution in [2.24, 2.45) is 0 Å². The SMILES string of the molecule is Br.Br.Br.Br.Br.Br.CNCCCN(C)CCCNC.CNCCN(C)CCNC.O=C1c2cccc3cccc(c23)C(=O)N1CCCNCCCNCCCNCCCN1C(=O)c2cccc3cccc(c23)C1=O.O=C1c2cccc3cccc(c23)C(=O)N1CCCNCCNCCNCCCN1C(=O)c2cccc3cccc(c23)C1=O. The van der Waals surface area contributed by atoms with Crippen LogP contribution in [0, 0.1) is 0 Å². The Bertz CT molecular complexity index is 3940. The highest BCUT2D eigenvalue weighted by Crippen LogP contribution is 2.34. The van der Waals surface area contributed by atoms with Gasteiger partial charge in [0.1, 0.15) is 0 Å². The van der Waals surface area contributed by atoms with Gasteiger partial charge in [0.25, 0.3) is 47.3 Å². The molecule has 0 atom stereocenters. The molecule has 4 heterocycles. The van der Waals surface area contributed by atoms with Crippen LogP contribution in [0.1, 0.15) is 134 Å². The van der Waals surface area contributed by atoms with Crippen molar-refractivity contribution in [3.05, 3.63) is 190 Å². The minimum Gasteiger partial charge on any atom is -0.320 e. The molecule has 0 aliphatic carbocycles. The smallest absolute Gasteiger partial charge is 0.261 e. The first kappa shape index (κ1) is 104. The molecule has 4 aliphatic heterocycles. The van der Waals surface area contributed by atoms with Gasteiger partial charge in [0.05, 0.1) is 0 Å². The van der Waals surface area contributed by atoms with Crippen molar-refractivity contribution in [3.8, 4) is 0 Å². The Kier molecular flexibility index (Phi) is 50.5. The van der Waals surface area contributed by atoms with Gasteiger partial charge in [0, 0.05) is 145 Å². The number of halogens is 6. The summed E-state index contributed by atoms with van der Waals surface area (Å²) in [4.78, 5) is 114. The average molecular weight is 1990 g/mol. The number of nitrogens with zero attached hydrogens (tertiary/aromatic N) is 6. The number of imide groups is 4. The molecule has 8 aromatic rings. The van der Waals surface area contributed by atoms with Crippen molar-refractivity contribution in [1.82, 2.24) is 82.6 Å². The van der Waals surface area contributed by atoms with Gasteiger partial charge in [-0.1, -0.05) is 97.1 Å². The van der Waals surface area contributed by atoms with Crippen LogP contribution in [0.15, 0.2) is 146 Å². The Morgan fingerprint density at radius 3 is 0.612 bits per heavy atom. The summed E-state index contributed by atoms with van der Waals surface area (Å²) in [5.41, 5.74) is 4.79. The minimum atomic E-state index is -0.222. The summed E-state index contributed by atoms with van der Waals surface area (Å²) < 4.78 is 0. The maximum Gasteiger partial charge on any atom is 0.261 e. The maximum absolute atomic E-state index is 13.0. The number of nitrogens with one attached hydrogen (secondary N) is 10. The molecule has 4 aliphatic rings. The van der Waals surface area contributed by atoms with Gasteiger partial charge in [-0.05, 0) is 242 Å². The van der Waals surface area contributed by atoms with Crippen LogP contribution in [-0.2, 0) is 0 Å². The zero-order valence-corrected chi connectivity index (χ0v) is 78.2. The number of carbonyl (C=O) groups excluding carboxylic acids is 8. The van der Waals surface area contributed by atoms with E-state index in [1.807, 2.05) is 125 Å². The van der Waals surface area contributed by atoms with Crippen molar-refractivity contribution in [2.45, 2.75) is 51.4 Å². The summed E-state index contributed by atoms with van der Waals surface area (Å²) in [6.45, 7) is 20.1. The Hall–Kier alpha value is -6.24. The molecule has 0 radical (unpaired) electrons. The van der Waals surface area contributed by atoms with E-state index >= 15 is 0 Å². The first-order chi connectivity index (χ1) is 53.7. The van der Waals surface area contributed by atoms with Gasteiger partial charge >= 0.3 is 0 Å². The number of hydrogen-bond acceptors (Lipinski definition) is 20. The molecule has 8 aromatic carbocycles. The standard InChI is InChI=1S/C36H39N5O4.C34H35N5O4.C9H23N3.C7H19N3.6BrH/c42-33-27-13-1-9-25-10-2-14-28(31(25)27)34(43)40(33)23-7-21-38-19-5-17-37-18-6-20-39-22-8-24-41-35(44)29-15-3-11-26-12-4-16-30(32(26)29)36(41)45;40-31-25-11-1-7-23-8-2-12-26(29(23)25)32(41)38(31)21-5-15-35-17-19-37-20-18-36-16-6-22-39-33(42)27-13-3-9-24-10-4-14-28(30(24)27)34(39)43;1-10-6-4-8-12(3)9-5-7-11-2;1-8-4-6-10(3)7-5-9-2;;;;;;/h1-4,9-16,37-39H,5-8,17-24H2;1-4,7-14,35-37H,5-6,15-22H2;10-11H,4-9H2,1-3H3;8-9H,4-7H2,1-3H3;6*1H. The fourth-order valence-electron chi connectivity index (χ4n) is 14.2. The van der Waals surface area contributed by atoms with Gasteiger partial charge in [-0.15, -0.1) is 102 Å². The van der Waals surface area contributed by atoms with E-state index in [1.165, 1.54) is 45.5 Å². The molecule has 30 heteroatoms.